The molecular weight excluding hydrogens is 464 g/mol. The fourth-order valence-corrected chi connectivity index (χ4v) is 5.09. The van der Waals surface area contributed by atoms with Crippen LogP contribution in [0.4, 0.5) is 0 Å². The molecule has 3 unspecified atom stereocenters. The van der Waals surface area contributed by atoms with E-state index in [1.165, 1.54) is 11.1 Å². The van der Waals surface area contributed by atoms with Crippen LogP contribution in [0.25, 0.3) is 0 Å². The Morgan fingerprint density at radius 3 is 2.92 bits per heavy atom. The van der Waals surface area contributed by atoms with Gasteiger partial charge in [0.15, 0.2) is 0 Å². The van der Waals surface area contributed by atoms with E-state index in [0.29, 0.717) is 18.1 Å². The number of nitrogens with two attached hydrogens (primary N) is 1. The molecule has 7 nitrogen and oxygen atoms in total. The molecule has 1 fully saturated rings. The number of morpholine rings is 1. The molecule has 4 aliphatic rings. The maximum atomic E-state index is 6.47. The molecule has 0 bridgehead atoms. The van der Waals surface area contributed by atoms with E-state index >= 15 is 0 Å². The molecule has 0 saturated carbocycles. The van der Waals surface area contributed by atoms with Crippen LogP contribution in [0, 0.1) is 0 Å². The average molecular weight is 507 g/mol. The average Bonchev–Trinajstić information content (AvgIpc) is 3.23. The minimum Gasteiger partial charge on any atom is -0.398 e. The molecule has 2 N–H and O–H groups in total. The lowest BCUT2D eigenvalue weighted by molar-refractivity contribution is 0.0130. The topological polar surface area (TPSA) is 81.7 Å². The predicted molar refractivity (Wildman–Crippen MR) is 151 cm³/mol. The van der Waals surface area contributed by atoms with Gasteiger partial charge in [-0.3, -0.25) is 4.90 Å². The molecule has 2 heterocycles. The highest BCUT2D eigenvalue weighted by Crippen LogP contribution is 2.24. The summed E-state index contributed by atoms with van der Waals surface area (Å²) in [6, 6.07) is 0.177. The zero-order chi connectivity index (χ0) is 26.0. The van der Waals surface area contributed by atoms with E-state index in [2.05, 4.69) is 36.1 Å². The lowest BCUT2D eigenvalue weighted by Gasteiger charge is -2.34. The lowest BCUT2D eigenvalue weighted by Crippen LogP contribution is -2.44. The van der Waals surface area contributed by atoms with Gasteiger partial charge in [-0.15, -0.1) is 0 Å². The van der Waals surface area contributed by atoms with Gasteiger partial charge in [-0.1, -0.05) is 36.0 Å². The van der Waals surface area contributed by atoms with Gasteiger partial charge in [0.25, 0.3) is 0 Å². The van der Waals surface area contributed by atoms with E-state index in [9.17, 15) is 0 Å². The smallest absolute Gasteiger partial charge is 0.149 e. The summed E-state index contributed by atoms with van der Waals surface area (Å²) in [6.07, 6.45) is 21.6. The molecule has 0 amide bonds. The summed E-state index contributed by atoms with van der Waals surface area (Å²) in [5.41, 5.74) is 11.6. The SMILES string of the molecule is COC1C=C(COC2CC(N3CCOCC3)C=C(/N=C/C=C(\N)C3=CC=CCC(C)=C3)N=C2C)CCC1. The van der Waals surface area contributed by atoms with Gasteiger partial charge in [0.2, 0.25) is 0 Å². The molecule has 3 atom stereocenters. The Balaban J connectivity index is 1.50. The number of aliphatic imine (C=N–C) groups is 2. The van der Waals surface area contributed by atoms with E-state index in [1.807, 2.05) is 25.2 Å². The van der Waals surface area contributed by atoms with Gasteiger partial charge in [-0.25, -0.2) is 9.98 Å². The minimum atomic E-state index is -0.0720. The van der Waals surface area contributed by atoms with Gasteiger partial charge in [0.1, 0.15) is 5.82 Å². The molecule has 2 aliphatic carbocycles. The van der Waals surface area contributed by atoms with Crippen LogP contribution in [-0.4, -0.2) is 75.1 Å². The van der Waals surface area contributed by atoms with Crippen LogP contribution in [-0.2, 0) is 14.2 Å². The van der Waals surface area contributed by atoms with Crippen molar-refractivity contribution in [3.8, 4) is 0 Å². The standard InChI is InChI=1S/C30H42N4O3/c1-22-7-4-5-9-25(17-22)28(31)11-12-32-30-20-26(34-13-15-36-16-14-34)19-29(23(2)33-30)37-21-24-8-6-10-27(18-24)35-3/h4-5,9,11-12,17-18,20,26-27,29H,6-8,10,13-16,19,21,31H2,1-3H3/b28-11-,32-12+. The second-order valence-corrected chi connectivity index (χ2v) is 10.2. The van der Waals surface area contributed by atoms with E-state index in [0.717, 1.165) is 69.7 Å². The van der Waals surface area contributed by atoms with Crippen molar-refractivity contribution in [2.24, 2.45) is 15.7 Å². The second kappa shape index (κ2) is 13.8. The molecule has 37 heavy (non-hydrogen) atoms. The van der Waals surface area contributed by atoms with Crippen molar-refractivity contribution in [2.45, 2.75) is 64.2 Å². The normalized spacial score (nSPS) is 28.1. The Kier molecular flexibility index (Phi) is 10.3. The van der Waals surface area contributed by atoms with E-state index in [1.54, 1.807) is 13.3 Å². The van der Waals surface area contributed by atoms with Crippen molar-refractivity contribution in [3.63, 3.8) is 0 Å². The van der Waals surface area contributed by atoms with E-state index in [-0.39, 0.29) is 18.2 Å². The highest BCUT2D eigenvalue weighted by atomic mass is 16.5. The highest BCUT2D eigenvalue weighted by molar-refractivity contribution is 5.88. The number of methoxy groups -OCH3 is 1. The van der Waals surface area contributed by atoms with Crippen molar-refractivity contribution >= 4 is 11.9 Å². The summed E-state index contributed by atoms with van der Waals surface area (Å²) >= 11 is 0. The summed E-state index contributed by atoms with van der Waals surface area (Å²) in [6.45, 7) is 8.05. The van der Waals surface area contributed by atoms with Gasteiger partial charge >= 0.3 is 0 Å². The molecule has 200 valence electrons. The summed E-state index contributed by atoms with van der Waals surface area (Å²) in [7, 11) is 1.78. The molecule has 0 spiro atoms. The third kappa shape index (κ3) is 8.20. The van der Waals surface area contributed by atoms with Crippen LogP contribution >= 0.6 is 0 Å². The third-order valence-corrected chi connectivity index (χ3v) is 7.30. The largest absolute Gasteiger partial charge is 0.398 e. The number of hydrogen-bond donors (Lipinski definition) is 1. The second-order valence-electron chi connectivity index (χ2n) is 10.2. The molecule has 4 rings (SSSR count). The molecule has 7 heteroatoms. The van der Waals surface area contributed by atoms with Crippen LogP contribution < -0.4 is 5.73 Å². The van der Waals surface area contributed by atoms with Gasteiger partial charge in [0.05, 0.1) is 32.0 Å². The molecule has 0 aromatic carbocycles. The Hall–Kier alpha value is -2.58. The van der Waals surface area contributed by atoms with Crippen LogP contribution in [0.3, 0.4) is 0 Å². The van der Waals surface area contributed by atoms with E-state index < -0.39 is 0 Å². The van der Waals surface area contributed by atoms with Gasteiger partial charge in [-0.2, -0.15) is 0 Å². The maximum Gasteiger partial charge on any atom is 0.149 e. The molecule has 0 aromatic rings. The van der Waals surface area contributed by atoms with Crippen LogP contribution in [0.15, 0.2) is 80.8 Å². The van der Waals surface area contributed by atoms with Gasteiger partial charge in [0, 0.05) is 43.9 Å². The first-order chi connectivity index (χ1) is 18.0. The van der Waals surface area contributed by atoms with Crippen molar-refractivity contribution in [1.82, 2.24) is 4.90 Å². The highest BCUT2D eigenvalue weighted by Gasteiger charge is 2.28. The molecule has 0 radical (unpaired) electrons. The first-order valence-corrected chi connectivity index (χ1v) is 13.5. The number of nitrogens with zero attached hydrogens (tertiary/aromatic N) is 3. The van der Waals surface area contributed by atoms with Crippen LogP contribution in [0.1, 0.15) is 46.0 Å². The van der Waals surface area contributed by atoms with Crippen molar-refractivity contribution in [2.75, 3.05) is 40.0 Å². The quantitative estimate of drug-likeness (QED) is 0.383. The first kappa shape index (κ1) is 27.5. The zero-order valence-electron chi connectivity index (χ0n) is 22.6. The Morgan fingerprint density at radius 1 is 1.27 bits per heavy atom. The third-order valence-electron chi connectivity index (χ3n) is 7.30. The Bertz CT molecular complexity index is 1040. The summed E-state index contributed by atoms with van der Waals surface area (Å²) in [5, 5.41) is 0. The minimum absolute atomic E-state index is 0.0720. The Morgan fingerprint density at radius 2 is 2.11 bits per heavy atom. The first-order valence-electron chi connectivity index (χ1n) is 13.5. The number of rotatable bonds is 8. The lowest BCUT2D eigenvalue weighted by atomic mass is 9.97. The molecule has 1 saturated heterocycles. The monoisotopic (exact) mass is 506 g/mol. The summed E-state index contributed by atoms with van der Waals surface area (Å²) < 4.78 is 17.6. The molecule has 0 aromatic heterocycles. The number of ether oxygens (including phenoxy) is 3. The van der Waals surface area contributed by atoms with Crippen molar-refractivity contribution in [1.29, 1.82) is 0 Å². The molecular formula is C30H42N4O3. The summed E-state index contributed by atoms with van der Waals surface area (Å²) in [4.78, 5) is 12.0. The Labute approximate surface area is 221 Å². The fourth-order valence-electron chi connectivity index (χ4n) is 5.09. The van der Waals surface area contributed by atoms with Crippen molar-refractivity contribution < 1.29 is 14.2 Å². The number of allylic oxidation sites excluding steroid dienone is 6. The van der Waals surface area contributed by atoms with Gasteiger partial charge < -0.3 is 19.9 Å². The van der Waals surface area contributed by atoms with Gasteiger partial charge in [-0.05, 0) is 69.2 Å². The van der Waals surface area contributed by atoms with Crippen LogP contribution in [0.2, 0.25) is 0 Å². The predicted octanol–water partition coefficient (Wildman–Crippen LogP) is 4.65. The molecule has 2 aliphatic heterocycles. The van der Waals surface area contributed by atoms with E-state index in [4.69, 9.17) is 29.9 Å². The zero-order valence-corrected chi connectivity index (χ0v) is 22.6. The fraction of sp³-hybridized carbons (Fsp3) is 0.533. The number of hydrogen-bond acceptors (Lipinski definition) is 7. The maximum absolute atomic E-state index is 6.47. The summed E-state index contributed by atoms with van der Waals surface area (Å²) in [5.74, 6) is 0.696. The van der Waals surface area contributed by atoms with Crippen molar-refractivity contribution in [3.05, 3.63) is 70.8 Å². The van der Waals surface area contributed by atoms with Crippen LogP contribution in [0.5, 0.6) is 0 Å².